The number of fused-ring (bicyclic) bond motifs is 1. The van der Waals surface area contributed by atoms with E-state index >= 15 is 0 Å². The lowest BCUT2D eigenvalue weighted by Crippen LogP contribution is -2.35. The lowest BCUT2D eigenvalue weighted by molar-refractivity contribution is -0.123. The van der Waals surface area contributed by atoms with Gasteiger partial charge in [-0.2, -0.15) is 9.40 Å². The van der Waals surface area contributed by atoms with E-state index in [4.69, 9.17) is 16.3 Å². The highest BCUT2D eigenvalue weighted by Gasteiger charge is 2.27. The molecule has 11 heteroatoms. The normalized spacial score (nSPS) is 15.8. The van der Waals surface area contributed by atoms with Gasteiger partial charge in [-0.15, -0.1) is 0 Å². The number of hydrogen-bond acceptors (Lipinski definition) is 6. The molecule has 33 heavy (non-hydrogen) atoms. The summed E-state index contributed by atoms with van der Waals surface area (Å²) in [5.41, 5.74) is 0.853. The van der Waals surface area contributed by atoms with Gasteiger partial charge in [0.1, 0.15) is 0 Å². The van der Waals surface area contributed by atoms with Crippen LogP contribution in [-0.4, -0.2) is 54.0 Å². The van der Waals surface area contributed by atoms with Crippen molar-refractivity contribution in [2.24, 2.45) is 0 Å². The number of H-pyrrole nitrogens is 1. The summed E-state index contributed by atoms with van der Waals surface area (Å²) in [6, 6.07) is 11.2. The number of aromatic amines is 1. The number of benzene rings is 2. The number of hydrogen-bond donors (Lipinski definition) is 2. The van der Waals surface area contributed by atoms with Crippen LogP contribution in [0.25, 0.3) is 10.9 Å². The van der Waals surface area contributed by atoms with Gasteiger partial charge in [-0.05, 0) is 44.0 Å². The summed E-state index contributed by atoms with van der Waals surface area (Å²) in [5, 5.41) is 10.00. The number of carbonyl (C=O) groups is 2. The molecule has 0 saturated carbocycles. The van der Waals surface area contributed by atoms with E-state index in [1.165, 1.54) is 29.4 Å². The zero-order valence-electron chi connectivity index (χ0n) is 17.9. The average molecular weight is 491 g/mol. The molecule has 0 radical (unpaired) electrons. The number of aromatic nitrogens is 2. The van der Waals surface area contributed by atoms with E-state index < -0.39 is 28.0 Å². The zero-order chi connectivity index (χ0) is 23.6. The largest absolute Gasteiger partial charge is 0.448 e. The van der Waals surface area contributed by atoms with Gasteiger partial charge in [0, 0.05) is 18.5 Å². The van der Waals surface area contributed by atoms with E-state index in [2.05, 4.69) is 15.5 Å². The second kappa shape index (κ2) is 9.50. The summed E-state index contributed by atoms with van der Waals surface area (Å²) in [5.74, 6) is -1.42. The molecule has 1 aliphatic heterocycles. The van der Waals surface area contributed by atoms with Crippen molar-refractivity contribution in [1.29, 1.82) is 0 Å². The molecule has 0 bridgehead atoms. The molecular weight excluding hydrogens is 468 g/mol. The van der Waals surface area contributed by atoms with E-state index in [0.717, 1.165) is 19.3 Å². The summed E-state index contributed by atoms with van der Waals surface area (Å²) in [6.07, 6.45) is 1.44. The van der Waals surface area contributed by atoms with E-state index in [-0.39, 0.29) is 21.3 Å². The van der Waals surface area contributed by atoms with Crippen molar-refractivity contribution >= 4 is 50.1 Å². The fourth-order valence-electron chi connectivity index (χ4n) is 3.64. The van der Waals surface area contributed by atoms with Gasteiger partial charge >= 0.3 is 5.97 Å². The summed E-state index contributed by atoms with van der Waals surface area (Å²) in [4.78, 5) is 25.2. The zero-order valence-corrected chi connectivity index (χ0v) is 19.4. The first-order chi connectivity index (χ1) is 15.8. The average Bonchev–Trinajstić information content (AvgIpc) is 3.25. The highest BCUT2D eigenvalue weighted by Crippen LogP contribution is 2.28. The monoisotopic (exact) mass is 490 g/mol. The van der Waals surface area contributed by atoms with E-state index in [1.54, 1.807) is 24.3 Å². The molecule has 174 valence electrons. The molecule has 0 spiro atoms. The number of anilines is 1. The minimum atomic E-state index is -3.70. The van der Waals surface area contributed by atoms with Gasteiger partial charge in [-0.1, -0.05) is 36.2 Å². The Morgan fingerprint density at radius 3 is 2.64 bits per heavy atom. The minimum absolute atomic E-state index is 0.0386. The topological polar surface area (TPSA) is 121 Å². The number of esters is 1. The number of nitrogens with one attached hydrogen (secondary N) is 2. The molecule has 2 heterocycles. The third-order valence-electron chi connectivity index (χ3n) is 5.47. The van der Waals surface area contributed by atoms with Gasteiger partial charge in [0.15, 0.2) is 11.8 Å². The molecule has 1 amide bonds. The first-order valence-corrected chi connectivity index (χ1v) is 12.3. The number of nitrogens with zero attached hydrogens (tertiary/aromatic N) is 2. The molecule has 1 atom stereocenters. The molecule has 1 aliphatic rings. The second-order valence-electron chi connectivity index (χ2n) is 7.76. The van der Waals surface area contributed by atoms with Gasteiger partial charge < -0.3 is 10.1 Å². The summed E-state index contributed by atoms with van der Waals surface area (Å²) >= 11 is 6.19. The van der Waals surface area contributed by atoms with E-state index in [1.807, 2.05) is 0 Å². The molecule has 0 aliphatic carbocycles. The summed E-state index contributed by atoms with van der Waals surface area (Å²) in [7, 11) is -3.70. The molecular formula is C22H23ClN4O5S. The molecule has 2 aromatic carbocycles. The van der Waals surface area contributed by atoms with Crippen molar-refractivity contribution in [1.82, 2.24) is 14.5 Å². The first-order valence-electron chi connectivity index (χ1n) is 10.5. The smallest absolute Gasteiger partial charge is 0.360 e. The van der Waals surface area contributed by atoms with Gasteiger partial charge in [0.25, 0.3) is 5.91 Å². The van der Waals surface area contributed by atoms with Crippen LogP contribution in [0.2, 0.25) is 5.02 Å². The summed E-state index contributed by atoms with van der Waals surface area (Å²) in [6.45, 7) is 2.33. The van der Waals surface area contributed by atoms with Gasteiger partial charge in [0.05, 0.1) is 21.1 Å². The van der Waals surface area contributed by atoms with Crippen molar-refractivity contribution in [3.05, 3.63) is 53.2 Å². The molecule has 1 fully saturated rings. The number of ether oxygens (including phenoxy) is 1. The SMILES string of the molecule is C[C@H](OC(=O)c1n[nH]c2ccccc12)C(=O)Nc1cc(S(=O)(=O)N2CCCCC2)ccc1Cl. The Kier molecular flexibility index (Phi) is 6.68. The van der Waals surface area contributed by atoms with Gasteiger partial charge in [0.2, 0.25) is 10.0 Å². The quantitative estimate of drug-likeness (QED) is 0.509. The fourth-order valence-corrected chi connectivity index (χ4v) is 5.35. The lowest BCUT2D eigenvalue weighted by Gasteiger charge is -2.26. The van der Waals surface area contributed by atoms with Crippen LogP contribution in [-0.2, 0) is 19.6 Å². The Morgan fingerprint density at radius 2 is 1.88 bits per heavy atom. The Morgan fingerprint density at radius 1 is 1.15 bits per heavy atom. The van der Waals surface area contributed by atoms with Crippen LogP contribution in [0, 0.1) is 0 Å². The van der Waals surface area contributed by atoms with Crippen LogP contribution in [0.3, 0.4) is 0 Å². The number of amides is 1. The van der Waals surface area contributed by atoms with E-state index in [9.17, 15) is 18.0 Å². The minimum Gasteiger partial charge on any atom is -0.448 e. The summed E-state index contributed by atoms with van der Waals surface area (Å²) < 4.78 is 32.6. The molecule has 1 aromatic heterocycles. The number of piperidine rings is 1. The maximum absolute atomic E-state index is 12.9. The van der Waals surface area contributed by atoms with Crippen LogP contribution < -0.4 is 5.32 Å². The molecule has 2 N–H and O–H groups in total. The predicted octanol–water partition coefficient (Wildman–Crippen LogP) is 3.57. The fraction of sp³-hybridized carbons (Fsp3) is 0.318. The number of sulfonamides is 1. The number of halogens is 1. The van der Waals surface area contributed by atoms with Crippen LogP contribution >= 0.6 is 11.6 Å². The van der Waals surface area contributed by atoms with Crippen LogP contribution in [0.4, 0.5) is 5.69 Å². The number of rotatable bonds is 6. The highest BCUT2D eigenvalue weighted by atomic mass is 35.5. The van der Waals surface area contributed by atoms with Gasteiger partial charge in [-0.25, -0.2) is 13.2 Å². The molecule has 1 saturated heterocycles. The predicted molar refractivity (Wildman–Crippen MR) is 124 cm³/mol. The van der Waals surface area contributed by atoms with Crippen molar-refractivity contribution in [2.45, 2.75) is 37.2 Å². The third kappa shape index (κ3) is 4.87. The van der Waals surface area contributed by atoms with Crippen molar-refractivity contribution < 1.29 is 22.7 Å². The van der Waals surface area contributed by atoms with Crippen molar-refractivity contribution in [3.8, 4) is 0 Å². The Hall–Kier alpha value is -2.95. The second-order valence-corrected chi connectivity index (χ2v) is 10.1. The lowest BCUT2D eigenvalue weighted by atomic mass is 10.2. The Labute approximate surface area is 196 Å². The molecule has 9 nitrogen and oxygen atoms in total. The van der Waals surface area contributed by atoms with Crippen molar-refractivity contribution in [3.63, 3.8) is 0 Å². The number of carbonyl (C=O) groups excluding carboxylic acids is 2. The van der Waals surface area contributed by atoms with Crippen LogP contribution in [0.5, 0.6) is 0 Å². The van der Waals surface area contributed by atoms with Gasteiger partial charge in [-0.3, -0.25) is 9.89 Å². The van der Waals surface area contributed by atoms with E-state index in [0.29, 0.717) is 24.0 Å². The number of para-hydroxylation sites is 1. The van der Waals surface area contributed by atoms with Crippen LogP contribution in [0.15, 0.2) is 47.4 Å². The molecule has 3 aromatic rings. The Bertz CT molecular complexity index is 1300. The standard InChI is InChI=1S/C22H23ClN4O5S/c1-14(32-22(29)20-16-7-3-4-8-18(16)25-26-20)21(28)24-19-13-15(9-10-17(19)23)33(30,31)27-11-5-2-6-12-27/h3-4,7-10,13-14H,2,5-6,11-12H2,1H3,(H,24,28)(H,25,26)/t14-/m0/s1. The molecule has 4 rings (SSSR count). The highest BCUT2D eigenvalue weighted by molar-refractivity contribution is 7.89. The molecule has 0 unspecified atom stereocenters. The van der Waals surface area contributed by atoms with Crippen LogP contribution in [0.1, 0.15) is 36.7 Å². The first kappa shape index (κ1) is 23.2. The van der Waals surface area contributed by atoms with Crippen molar-refractivity contribution in [2.75, 3.05) is 18.4 Å². The Balaban J connectivity index is 1.47. The maximum atomic E-state index is 12.9. The third-order valence-corrected chi connectivity index (χ3v) is 7.69. The maximum Gasteiger partial charge on any atom is 0.360 e.